The van der Waals surface area contributed by atoms with Crippen molar-refractivity contribution in [2.24, 2.45) is 0 Å². The second-order valence-electron chi connectivity index (χ2n) is 3.43. The maximum absolute atomic E-state index is 11.8. The number of hydrogen-bond donors (Lipinski definition) is 2. The standard InChI is InChI=1S/C11H16N2O4/c1-16-5-6-17-11-4-2-3-10(13(11)15)7-9(12)8-14/h2-4,12,14H,5-8H2,1H3. The van der Waals surface area contributed by atoms with Gasteiger partial charge >= 0.3 is 5.88 Å². The molecule has 6 nitrogen and oxygen atoms in total. The maximum Gasteiger partial charge on any atom is 0.379 e. The number of nitrogens with one attached hydrogen (secondary N) is 1. The summed E-state index contributed by atoms with van der Waals surface area (Å²) in [5.41, 5.74) is 0.461. The maximum atomic E-state index is 11.8. The molecule has 17 heavy (non-hydrogen) atoms. The molecule has 2 N–H and O–H groups in total. The number of hydrogen-bond acceptors (Lipinski definition) is 5. The van der Waals surface area contributed by atoms with Crippen LogP contribution >= 0.6 is 0 Å². The van der Waals surface area contributed by atoms with E-state index < -0.39 is 0 Å². The molecule has 0 fully saturated rings. The molecule has 94 valence electrons. The summed E-state index contributed by atoms with van der Waals surface area (Å²) in [5.74, 6) is 0.172. The molecule has 0 aliphatic rings. The highest BCUT2D eigenvalue weighted by Crippen LogP contribution is 2.05. The minimum atomic E-state index is -0.352. The highest BCUT2D eigenvalue weighted by molar-refractivity contribution is 5.83. The number of methoxy groups -OCH3 is 1. The van der Waals surface area contributed by atoms with Gasteiger partial charge in [0.15, 0.2) is 0 Å². The van der Waals surface area contributed by atoms with E-state index in [1.165, 1.54) is 0 Å². The van der Waals surface area contributed by atoms with E-state index >= 15 is 0 Å². The van der Waals surface area contributed by atoms with Gasteiger partial charge < -0.3 is 25.2 Å². The van der Waals surface area contributed by atoms with Gasteiger partial charge in [0.2, 0.25) is 5.69 Å². The first-order chi connectivity index (χ1) is 8.19. The third-order valence-corrected chi connectivity index (χ3v) is 2.11. The molecule has 0 amide bonds. The predicted octanol–water partition coefficient (Wildman–Crippen LogP) is -0.100. The van der Waals surface area contributed by atoms with Crippen molar-refractivity contribution in [3.05, 3.63) is 29.1 Å². The van der Waals surface area contributed by atoms with Crippen LogP contribution in [0.5, 0.6) is 5.88 Å². The van der Waals surface area contributed by atoms with Crippen LogP contribution in [-0.2, 0) is 11.2 Å². The van der Waals surface area contributed by atoms with Crippen LogP contribution in [0.1, 0.15) is 5.69 Å². The normalized spacial score (nSPS) is 10.2. The van der Waals surface area contributed by atoms with Gasteiger partial charge in [-0.05, 0) is 6.07 Å². The van der Waals surface area contributed by atoms with Crippen molar-refractivity contribution < 1.29 is 19.3 Å². The zero-order chi connectivity index (χ0) is 12.7. The molecule has 6 heteroatoms. The van der Waals surface area contributed by atoms with Crippen molar-refractivity contribution in [1.29, 1.82) is 5.41 Å². The minimum Gasteiger partial charge on any atom is -0.616 e. The number of nitrogens with zero attached hydrogens (tertiary/aromatic N) is 1. The van der Waals surface area contributed by atoms with Crippen molar-refractivity contribution in [2.75, 3.05) is 26.9 Å². The lowest BCUT2D eigenvalue weighted by molar-refractivity contribution is -0.620. The molecule has 0 saturated heterocycles. The third-order valence-electron chi connectivity index (χ3n) is 2.11. The minimum absolute atomic E-state index is 0.0867. The van der Waals surface area contributed by atoms with Crippen molar-refractivity contribution in [1.82, 2.24) is 0 Å². The Balaban J connectivity index is 2.72. The van der Waals surface area contributed by atoms with E-state index in [2.05, 4.69) is 0 Å². The Labute approximate surface area is 99.5 Å². The van der Waals surface area contributed by atoms with Crippen LogP contribution in [0.25, 0.3) is 0 Å². The van der Waals surface area contributed by atoms with Gasteiger partial charge in [0, 0.05) is 18.9 Å². The Morgan fingerprint density at radius 3 is 2.88 bits per heavy atom. The van der Waals surface area contributed by atoms with Crippen LogP contribution in [0, 0.1) is 10.6 Å². The predicted molar refractivity (Wildman–Crippen MR) is 61.3 cm³/mol. The van der Waals surface area contributed by atoms with E-state index in [1.54, 1.807) is 25.3 Å². The van der Waals surface area contributed by atoms with Gasteiger partial charge in [0.05, 0.1) is 25.7 Å². The van der Waals surface area contributed by atoms with Gasteiger partial charge in [0.25, 0.3) is 0 Å². The first-order valence-electron chi connectivity index (χ1n) is 5.19. The first-order valence-corrected chi connectivity index (χ1v) is 5.19. The Morgan fingerprint density at radius 2 is 2.24 bits per heavy atom. The summed E-state index contributed by atoms with van der Waals surface area (Å²) in [6, 6.07) is 4.83. The van der Waals surface area contributed by atoms with Gasteiger partial charge in [-0.1, -0.05) is 0 Å². The summed E-state index contributed by atoms with van der Waals surface area (Å²) in [4.78, 5) is 0. The second kappa shape index (κ2) is 6.82. The van der Waals surface area contributed by atoms with Crippen molar-refractivity contribution >= 4 is 5.71 Å². The molecule has 0 aliphatic heterocycles. The molecule has 0 spiro atoms. The Morgan fingerprint density at radius 1 is 1.47 bits per heavy atom. The van der Waals surface area contributed by atoms with Crippen molar-refractivity contribution in [3.8, 4) is 5.88 Å². The van der Waals surface area contributed by atoms with Gasteiger partial charge in [-0.25, -0.2) is 0 Å². The zero-order valence-electron chi connectivity index (χ0n) is 9.68. The van der Waals surface area contributed by atoms with Crippen molar-refractivity contribution in [2.45, 2.75) is 6.42 Å². The zero-order valence-corrected chi connectivity index (χ0v) is 9.68. The summed E-state index contributed by atoms with van der Waals surface area (Å²) in [5, 5.41) is 27.9. The molecule has 1 rings (SSSR count). The fraction of sp³-hybridized carbons (Fsp3) is 0.455. The molecule has 0 bridgehead atoms. The lowest BCUT2D eigenvalue weighted by Crippen LogP contribution is -2.35. The molecule has 0 saturated carbocycles. The molecule has 0 aromatic carbocycles. The molecule has 1 aromatic rings. The van der Waals surface area contributed by atoms with E-state index in [4.69, 9.17) is 20.0 Å². The van der Waals surface area contributed by atoms with Gasteiger partial charge in [-0.3, -0.25) is 0 Å². The Hall–Kier alpha value is -1.66. The second-order valence-corrected chi connectivity index (χ2v) is 3.43. The van der Waals surface area contributed by atoms with E-state index in [1.807, 2.05) is 0 Å². The summed E-state index contributed by atoms with van der Waals surface area (Å²) in [7, 11) is 1.55. The quantitative estimate of drug-likeness (QED) is 0.301. The summed E-state index contributed by atoms with van der Waals surface area (Å²) >= 11 is 0. The molecule has 0 radical (unpaired) electrons. The van der Waals surface area contributed by atoms with Crippen LogP contribution in [0.4, 0.5) is 0 Å². The summed E-state index contributed by atoms with van der Waals surface area (Å²) in [6.07, 6.45) is 0.113. The van der Waals surface area contributed by atoms with E-state index in [9.17, 15) is 5.21 Å². The number of ether oxygens (including phenoxy) is 2. The van der Waals surface area contributed by atoms with Crippen LogP contribution in [0.3, 0.4) is 0 Å². The van der Waals surface area contributed by atoms with E-state index in [-0.39, 0.29) is 24.6 Å². The molecule has 1 heterocycles. The van der Waals surface area contributed by atoms with E-state index in [0.717, 1.165) is 0 Å². The monoisotopic (exact) mass is 240 g/mol. The number of aliphatic hydroxyl groups excluding tert-OH is 1. The lowest BCUT2D eigenvalue weighted by Gasteiger charge is -2.09. The summed E-state index contributed by atoms with van der Waals surface area (Å²) < 4.78 is 10.7. The number of pyridine rings is 1. The number of rotatable bonds is 7. The smallest absolute Gasteiger partial charge is 0.379 e. The molecule has 0 atom stereocenters. The van der Waals surface area contributed by atoms with Crippen molar-refractivity contribution in [3.63, 3.8) is 0 Å². The average Bonchev–Trinajstić information content (AvgIpc) is 2.34. The Kier molecular flexibility index (Phi) is 5.38. The lowest BCUT2D eigenvalue weighted by atomic mass is 10.2. The van der Waals surface area contributed by atoms with Crippen LogP contribution in [0.2, 0.25) is 0 Å². The topological polar surface area (TPSA) is 89.5 Å². The molecular weight excluding hydrogens is 224 g/mol. The van der Waals surface area contributed by atoms with Gasteiger partial charge in [-0.2, -0.15) is 0 Å². The fourth-order valence-electron chi connectivity index (χ4n) is 1.26. The molecule has 0 aliphatic carbocycles. The van der Waals surface area contributed by atoms with Crippen LogP contribution < -0.4 is 9.47 Å². The van der Waals surface area contributed by atoms with E-state index in [0.29, 0.717) is 23.6 Å². The molecule has 1 aromatic heterocycles. The first kappa shape index (κ1) is 13.4. The SMILES string of the molecule is COCCOc1cccc(CC(=N)CO)[n+]1[O-]. The van der Waals surface area contributed by atoms with Crippen LogP contribution in [-0.4, -0.2) is 37.7 Å². The third kappa shape index (κ3) is 4.01. The highest BCUT2D eigenvalue weighted by atomic mass is 16.6. The molecular formula is C11H16N2O4. The number of aliphatic hydroxyl groups is 1. The highest BCUT2D eigenvalue weighted by Gasteiger charge is 2.13. The van der Waals surface area contributed by atoms with Gasteiger partial charge in [0.1, 0.15) is 6.61 Å². The average molecular weight is 240 g/mol. The summed E-state index contributed by atoms with van der Waals surface area (Å²) in [6.45, 7) is 0.338. The number of aromatic nitrogens is 1. The largest absolute Gasteiger partial charge is 0.616 e. The molecule has 0 unspecified atom stereocenters. The van der Waals surface area contributed by atoms with Gasteiger partial charge in [-0.15, -0.1) is 4.73 Å². The fourth-order valence-corrected chi connectivity index (χ4v) is 1.26. The Bertz CT molecular complexity index is 382. The van der Waals surface area contributed by atoms with Crippen LogP contribution in [0.15, 0.2) is 18.2 Å².